The van der Waals surface area contributed by atoms with Crippen molar-refractivity contribution < 1.29 is 0 Å². The highest BCUT2D eigenvalue weighted by atomic mass is 32.2. The molecule has 2 unspecified atom stereocenters. The lowest BCUT2D eigenvalue weighted by Crippen LogP contribution is -2.21. The summed E-state index contributed by atoms with van der Waals surface area (Å²) in [6.07, 6.45) is 12.3. The number of nitriles is 1. The lowest BCUT2D eigenvalue weighted by atomic mass is 9.93. The molecule has 0 aromatic carbocycles. The summed E-state index contributed by atoms with van der Waals surface area (Å²) in [7, 11) is 0. The highest BCUT2D eigenvalue weighted by molar-refractivity contribution is 8.03. The van der Waals surface area contributed by atoms with Gasteiger partial charge in [-0.3, -0.25) is 0 Å². The van der Waals surface area contributed by atoms with Gasteiger partial charge in [0.1, 0.15) is 0 Å². The Morgan fingerprint density at radius 2 is 2.32 bits per heavy atom. The lowest BCUT2D eigenvalue weighted by molar-refractivity contribution is 0.642. The number of rotatable bonds is 4. The third-order valence-electron chi connectivity index (χ3n) is 4.05. The molecule has 2 nitrogen and oxygen atoms in total. The Balaban J connectivity index is 1.66. The van der Waals surface area contributed by atoms with Crippen LogP contribution in [0.3, 0.4) is 0 Å². The van der Waals surface area contributed by atoms with Gasteiger partial charge in [-0.1, -0.05) is 19.1 Å². The molecular weight excluding hydrogens is 252 g/mol. The smallest absolute Gasteiger partial charge is 0.0988 e. The van der Waals surface area contributed by atoms with Gasteiger partial charge >= 0.3 is 0 Å². The van der Waals surface area contributed by atoms with Gasteiger partial charge in [0.2, 0.25) is 0 Å². The van der Waals surface area contributed by atoms with Gasteiger partial charge in [0.05, 0.1) is 11.4 Å². The van der Waals surface area contributed by atoms with Crippen molar-refractivity contribution in [2.45, 2.75) is 44.4 Å². The maximum atomic E-state index is 8.99. The van der Waals surface area contributed by atoms with Gasteiger partial charge < -0.3 is 5.32 Å². The zero-order chi connectivity index (χ0) is 13.2. The first-order chi connectivity index (χ1) is 9.30. The van der Waals surface area contributed by atoms with Crippen LogP contribution in [0.1, 0.15) is 39.0 Å². The third kappa shape index (κ3) is 2.90. The van der Waals surface area contributed by atoms with E-state index in [1.54, 1.807) is 0 Å². The molecule has 0 aromatic heterocycles. The number of thioether (sulfide) groups is 1. The Bertz CT molecular complexity index is 491. The molecule has 0 radical (unpaired) electrons. The van der Waals surface area contributed by atoms with Gasteiger partial charge in [-0.2, -0.15) is 5.26 Å². The van der Waals surface area contributed by atoms with E-state index in [0.29, 0.717) is 11.3 Å². The minimum atomic E-state index is 0.503. The first-order valence-electron chi connectivity index (χ1n) is 7.23. The number of nitrogens with one attached hydrogen (secondary N) is 1. The van der Waals surface area contributed by atoms with Crippen molar-refractivity contribution in [3.8, 4) is 6.07 Å². The normalized spacial score (nSPS) is 30.0. The molecule has 0 bridgehead atoms. The van der Waals surface area contributed by atoms with Gasteiger partial charge in [-0.15, -0.1) is 11.8 Å². The molecule has 2 aliphatic carbocycles. The Labute approximate surface area is 119 Å². The van der Waals surface area contributed by atoms with Gasteiger partial charge in [0, 0.05) is 16.2 Å². The summed E-state index contributed by atoms with van der Waals surface area (Å²) in [4.78, 5) is 1.54. The second kappa shape index (κ2) is 5.46. The summed E-state index contributed by atoms with van der Waals surface area (Å²) in [6.45, 7) is 2.23. The maximum Gasteiger partial charge on any atom is 0.0988 e. The Morgan fingerprint density at radius 1 is 1.47 bits per heavy atom. The fourth-order valence-electron chi connectivity index (χ4n) is 2.79. The van der Waals surface area contributed by atoms with E-state index >= 15 is 0 Å². The topological polar surface area (TPSA) is 35.8 Å². The first-order valence-corrected chi connectivity index (χ1v) is 8.11. The molecule has 19 heavy (non-hydrogen) atoms. The predicted molar refractivity (Wildman–Crippen MR) is 80.1 cm³/mol. The van der Waals surface area contributed by atoms with E-state index < -0.39 is 0 Å². The molecule has 0 spiro atoms. The second-order valence-electron chi connectivity index (χ2n) is 5.61. The van der Waals surface area contributed by atoms with Crippen LogP contribution in [0.4, 0.5) is 0 Å². The molecule has 3 rings (SSSR count). The molecule has 2 atom stereocenters. The molecule has 1 fully saturated rings. The van der Waals surface area contributed by atoms with Gasteiger partial charge in [0.25, 0.3) is 0 Å². The molecule has 1 N–H and O–H groups in total. The molecule has 100 valence electrons. The number of allylic oxidation sites excluding steroid dienone is 6. The molecular formula is C16H20N2S. The second-order valence-corrected chi connectivity index (χ2v) is 6.85. The SMILES string of the molecule is CCC1=C(CC2C=C(C#N)C=CC2)SC(C2CC2)N1. The zero-order valence-electron chi connectivity index (χ0n) is 11.4. The van der Waals surface area contributed by atoms with E-state index in [1.165, 1.54) is 23.4 Å². The maximum absolute atomic E-state index is 8.99. The quantitative estimate of drug-likeness (QED) is 0.837. The van der Waals surface area contributed by atoms with Crippen LogP contribution in [0.5, 0.6) is 0 Å². The van der Waals surface area contributed by atoms with E-state index in [-0.39, 0.29) is 0 Å². The predicted octanol–water partition coefficient (Wildman–Crippen LogP) is 4.10. The van der Waals surface area contributed by atoms with E-state index in [4.69, 9.17) is 5.26 Å². The minimum Gasteiger partial charge on any atom is -0.375 e. The van der Waals surface area contributed by atoms with Gasteiger partial charge in [-0.05, 0) is 50.0 Å². The molecule has 0 saturated heterocycles. The van der Waals surface area contributed by atoms with Crippen molar-refractivity contribution in [2.75, 3.05) is 0 Å². The van der Waals surface area contributed by atoms with Crippen LogP contribution in [0.2, 0.25) is 0 Å². The fourth-order valence-corrected chi connectivity index (χ4v) is 4.42. The summed E-state index contributed by atoms with van der Waals surface area (Å²) >= 11 is 2.05. The highest BCUT2D eigenvalue weighted by Gasteiger charge is 2.36. The molecule has 1 aliphatic heterocycles. The summed E-state index contributed by atoms with van der Waals surface area (Å²) in [5.41, 5.74) is 2.27. The van der Waals surface area contributed by atoms with Gasteiger partial charge in [-0.25, -0.2) is 0 Å². The van der Waals surface area contributed by atoms with Crippen molar-refractivity contribution in [1.82, 2.24) is 5.32 Å². The lowest BCUT2D eigenvalue weighted by Gasteiger charge is -2.15. The van der Waals surface area contributed by atoms with Crippen LogP contribution in [0, 0.1) is 23.2 Å². The molecule has 3 aliphatic rings. The van der Waals surface area contributed by atoms with Crippen molar-refractivity contribution in [3.63, 3.8) is 0 Å². The van der Waals surface area contributed by atoms with Crippen molar-refractivity contribution >= 4 is 11.8 Å². The average Bonchev–Trinajstić information content (AvgIpc) is 3.21. The molecule has 3 heteroatoms. The van der Waals surface area contributed by atoms with Crippen LogP contribution in [-0.2, 0) is 0 Å². The largest absolute Gasteiger partial charge is 0.375 e. The summed E-state index contributed by atoms with van der Waals surface area (Å²) < 4.78 is 0. The van der Waals surface area contributed by atoms with E-state index in [0.717, 1.165) is 30.8 Å². The first kappa shape index (κ1) is 12.9. The molecule has 1 heterocycles. The van der Waals surface area contributed by atoms with Crippen molar-refractivity contribution in [2.24, 2.45) is 11.8 Å². The summed E-state index contributed by atoms with van der Waals surface area (Å²) in [5, 5.41) is 13.3. The molecule has 0 aromatic rings. The monoisotopic (exact) mass is 272 g/mol. The highest BCUT2D eigenvalue weighted by Crippen LogP contribution is 2.47. The van der Waals surface area contributed by atoms with E-state index in [1.807, 2.05) is 17.8 Å². The standard InChI is InChI=1S/C16H20N2S/c1-2-14-15(19-16(18-14)13-6-7-13)9-11-4-3-5-12(8-11)10-17/h3,5,8,11,13,16,18H,2,4,6-7,9H2,1H3. The Kier molecular flexibility index (Phi) is 3.70. The average molecular weight is 272 g/mol. The number of hydrogen-bond acceptors (Lipinski definition) is 3. The van der Waals surface area contributed by atoms with Crippen LogP contribution >= 0.6 is 11.8 Å². The van der Waals surface area contributed by atoms with Crippen LogP contribution in [-0.4, -0.2) is 5.37 Å². The van der Waals surface area contributed by atoms with Gasteiger partial charge in [0.15, 0.2) is 0 Å². The van der Waals surface area contributed by atoms with Crippen LogP contribution in [0.15, 0.2) is 34.4 Å². The number of nitrogens with zero attached hydrogens (tertiary/aromatic N) is 1. The zero-order valence-corrected chi connectivity index (χ0v) is 12.2. The molecule has 0 amide bonds. The van der Waals surface area contributed by atoms with E-state index in [9.17, 15) is 0 Å². The van der Waals surface area contributed by atoms with Crippen LogP contribution < -0.4 is 5.32 Å². The minimum absolute atomic E-state index is 0.503. The Morgan fingerprint density at radius 3 is 3.00 bits per heavy atom. The fraction of sp³-hybridized carbons (Fsp3) is 0.562. The third-order valence-corrected chi connectivity index (χ3v) is 5.51. The number of hydrogen-bond donors (Lipinski definition) is 1. The molecule has 1 saturated carbocycles. The van der Waals surface area contributed by atoms with Crippen molar-refractivity contribution in [1.29, 1.82) is 5.26 Å². The van der Waals surface area contributed by atoms with Crippen molar-refractivity contribution in [3.05, 3.63) is 34.4 Å². The van der Waals surface area contributed by atoms with Crippen LogP contribution in [0.25, 0.3) is 0 Å². The van der Waals surface area contributed by atoms with E-state index in [2.05, 4.69) is 30.5 Å². The summed E-state index contributed by atoms with van der Waals surface area (Å²) in [6, 6.07) is 2.26. The summed E-state index contributed by atoms with van der Waals surface area (Å²) in [5.74, 6) is 1.39. The Hall–Kier alpha value is -1.14.